The van der Waals surface area contributed by atoms with E-state index in [2.05, 4.69) is 4.90 Å². The van der Waals surface area contributed by atoms with Gasteiger partial charge in [-0.1, -0.05) is 24.3 Å². The molecule has 154 valence electrons. The Morgan fingerprint density at radius 3 is 2.24 bits per heavy atom. The second kappa shape index (κ2) is 8.27. The van der Waals surface area contributed by atoms with Crippen LogP contribution < -0.4 is 9.64 Å². The lowest BCUT2D eigenvalue weighted by Gasteiger charge is -2.37. The molecule has 0 N–H and O–H groups in total. The second-order valence-corrected chi connectivity index (χ2v) is 7.69. The highest BCUT2D eigenvalue weighted by molar-refractivity contribution is 6.07. The number of carbonyl (C=O) groups is 3. The molecule has 2 saturated heterocycles. The SMILES string of the molecule is CCOc1ccccc1N1CCN(C(=O)CN2C(=O)[C@@H]3CC=CC[C@H]3C2=O)CC1. The number of likely N-dealkylation sites (tertiary alicyclic amines) is 1. The summed E-state index contributed by atoms with van der Waals surface area (Å²) in [6.07, 6.45) is 5.10. The molecule has 7 nitrogen and oxygen atoms in total. The number of imide groups is 1. The number of rotatable bonds is 5. The van der Waals surface area contributed by atoms with Gasteiger partial charge in [0.05, 0.1) is 24.1 Å². The number of amides is 3. The van der Waals surface area contributed by atoms with Gasteiger partial charge in [-0.3, -0.25) is 19.3 Å². The first-order valence-corrected chi connectivity index (χ1v) is 10.3. The molecule has 4 rings (SSSR count). The summed E-state index contributed by atoms with van der Waals surface area (Å²) in [6.45, 7) is 4.92. The average molecular weight is 397 g/mol. The molecule has 0 radical (unpaired) electrons. The maximum Gasteiger partial charge on any atom is 0.242 e. The Labute approximate surface area is 170 Å². The van der Waals surface area contributed by atoms with Crippen molar-refractivity contribution in [2.45, 2.75) is 19.8 Å². The average Bonchev–Trinajstić information content (AvgIpc) is 3.00. The van der Waals surface area contributed by atoms with Crippen molar-refractivity contribution in [3.63, 3.8) is 0 Å². The molecule has 2 atom stereocenters. The normalized spacial score (nSPS) is 24.1. The monoisotopic (exact) mass is 397 g/mol. The summed E-state index contributed by atoms with van der Waals surface area (Å²) in [4.78, 5) is 43.1. The van der Waals surface area contributed by atoms with Gasteiger partial charge in [-0.05, 0) is 31.9 Å². The van der Waals surface area contributed by atoms with Crippen LogP contribution in [0.25, 0.3) is 0 Å². The van der Waals surface area contributed by atoms with E-state index in [9.17, 15) is 14.4 Å². The maximum absolute atomic E-state index is 12.8. The van der Waals surface area contributed by atoms with E-state index < -0.39 is 0 Å². The minimum atomic E-state index is -0.285. The summed E-state index contributed by atoms with van der Waals surface area (Å²) in [5.41, 5.74) is 1.03. The van der Waals surface area contributed by atoms with Gasteiger partial charge in [0.1, 0.15) is 12.3 Å². The van der Waals surface area contributed by atoms with Gasteiger partial charge < -0.3 is 14.5 Å². The first kappa shape index (κ1) is 19.5. The van der Waals surface area contributed by atoms with Gasteiger partial charge in [0.15, 0.2) is 0 Å². The summed E-state index contributed by atoms with van der Waals surface area (Å²) < 4.78 is 5.71. The quantitative estimate of drug-likeness (QED) is 0.559. The van der Waals surface area contributed by atoms with E-state index in [0.717, 1.165) is 11.4 Å². The zero-order valence-electron chi connectivity index (χ0n) is 16.8. The Morgan fingerprint density at radius 1 is 1.00 bits per heavy atom. The molecule has 3 aliphatic rings. The van der Waals surface area contributed by atoms with Crippen LogP contribution in [0.2, 0.25) is 0 Å². The predicted molar refractivity (Wildman–Crippen MR) is 108 cm³/mol. The number of anilines is 1. The van der Waals surface area contributed by atoms with Crippen LogP contribution in [0.4, 0.5) is 5.69 Å². The highest BCUT2D eigenvalue weighted by atomic mass is 16.5. The van der Waals surface area contributed by atoms with Gasteiger partial charge in [0, 0.05) is 26.2 Å². The molecule has 3 amide bonds. The molecule has 7 heteroatoms. The summed E-state index contributed by atoms with van der Waals surface area (Å²) >= 11 is 0. The number of hydrogen-bond donors (Lipinski definition) is 0. The van der Waals surface area contributed by atoms with Crippen molar-refractivity contribution < 1.29 is 19.1 Å². The molecule has 0 bridgehead atoms. The summed E-state index contributed by atoms with van der Waals surface area (Å²) in [5.74, 6) is -0.265. The summed E-state index contributed by atoms with van der Waals surface area (Å²) in [7, 11) is 0. The van der Waals surface area contributed by atoms with Crippen LogP contribution in [-0.4, -0.2) is 66.9 Å². The van der Waals surface area contributed by atoms with E-state index in [0.29, 0.717) is 45.6 Å². The van der Waals surface area contributed by atoms with Crippen LogP contribution in [-0.2, 0) is 14.4 Å². The number of ether oxygens (including phenoxy) is 1. The summed E-state index contributed by atoms with van der Waals surface area (Å²) in [5, 5.41) is 0. The lowest BCUT2D eigenvalue weighted by atomic mass is 9.85. The molecule has 2 aliphatic heterocycles. The van der Waals surface area contributed by atoms with Gasteiger partial charge in [-0.2, -0.15) is 0 Å². The highest BCUT2D eigenvalue weighted by Crippen LogP contribution is 2.35. The summed E-state index contributed by atoms with van der Waals surface area (Å²) in [6, 6.07) is 7.91. The van der Waals surface area contributed by atoms with Crippen molar-refractivity contribution in [1.82, 2.24) is 9.80 Å². The number of allylic oxidation sites excluding steroid dienone is 2. The molecule has 29 heavy (non-hydrogen) atoms. The van der Waals surface area contributed by atoms with Gasteiger partial charge in [0.25, 0.3) is 0 Å². The van der Waals surface area contributed by atoms with Gasteiger partial charge in [-0.25, -0.2) is 0 Å². The molecule has 1 aromatic rings. The van der Waals surface area contributed by atoms with E-state index in [4.69, 9.17) is 4.74 Å². The molecular weight excluding hydrogens is 370 g/mol. The van der Waals surface area contributed by atoms with Gasteiger partial charge in [0.2, 0.25) is 17.7 Å². The van der Waals surface area contributed by atoms with Crippen molar-refractivity contribution in [2.24, 2.45) is 11.8 Å². The fourth-order valence-corrected chi connectivity index (χ4v) is 4.45. The fourth-order valence-electron chi connectivity index (χ4n) is 4.45. The maximum atomic E-state index is 12.8. The van der Waals surface area contributed by atoms with Crippen LogP contribution in [0.5, 0.6) is 5.75 Å². The highest BCUT2D eigenvalue weighted by Gasteiger charge is 2.48. The molecule has 0 saturated carbocycles. The number of nitrogens with zero attached hydrogens (tertiary/aromatic N) is 3. The molecule has 1 aliphatic carbocycles. The van der Waals surface area contributed by atoms with E-state index in [1.165, 1.54) is 4.90 Å². The zero-order chi connectivity index (χ0) is 20.4. The number of carbonyl (C=O) groups excluding carboxylic acids is 3. The number of fused-ring (bicyclic) bond motifs is 1. The van der Waals surface area contributed by atoms with Crippen molar-refractivity contribution in [1.29, 1.82) is 0 Å². The Kier molecular flexibility index (Phi) is 5.56. The molecule has 0 spiro atoms. The number of benzene rings is 1. The molecule has 0 aromatic heterocycles. The number of hydrogen-bond acceptors (Lipinski definition) is 5. The van der Waals surface area contributed by atoms with Crippen LogP contribution in [0.3, 0.4) is 0 Å². The van der Waals surface area contributed by atoms with Crippen molar-refractivity contribution in [3.05, 3.63) is 36.4 Å². The van der Waals surface area contributed by atoms with Gasteiger partial charge >= 0.3 is 0 Å². The first-order valence-electron chi connectivity index (χ1n) is 10.3. The molecular formula is C22H27N3O4. The van der Waals surface area contributed by atoms with Crippen LogP contribution >= 0.6 is 0 Å². The lowest BCUT2D eigenvalue weighted by molar-refractivity contribution is -0.146. The predicted octanol–water partition coefficient (Wildman–Crippen LogP) is 1.69. The van der Waals surface area contributed by atoms with Crippen LogP contribution in [0, 0.1) is 11.8 Å². The van der Waals surface area contributed by atoms with Crippen molar-refractivity contribution >= 4 is 23.4 Å². The second-order valence-electron chi connectivity index (χ2n) is 7.69. The minimum absolute atomic E-state index is 0.139. The van der Waals surface area contributed by atoms with E-state index in [1.807, 2.05) is 43.3 Å². The number of piperazine rings is 1. The third-order valence-electron chi connectivity index (χ3n) is 6.03. The third kappa shape index (κ3) is 3.73. The Bertz CT molecular complexity index is 803. The topological polar surface area (TPSA) is 70.2 Å². The zero-order valence-corrected chi connectivity index (χ0v) is 16.8. The minimum Gasteiger partial charge on any atom is -0.492 e. The largest absolute Gasteiger partial charge is 0.492 e. The fraction of sp³-hybridized carbons (Fsp3) is 0.500. The van der Waals surface area contributed by atoms with Crippen LogP contribution in [0.15, 0.2) is 36.4 Å². The van der Waals surface area contributed by atoms with Gasteiger partial charge in [-0.15, -0.1) is 0 Å². The molecule has 0 unspecified atom stereocenters. The standard InChI is InChI=1S/C22H27N3O4/c1-2-29-19-10-6-5-9-18(19)23-11-13-24(14-12-23)20(26)15-25-21(27)16-7-3-4-8-17(16)22(25)28/h3-6,9-10,16-17H,2,7-8,11-15H2,1H3/t16-,17-/m1/s1. The third-order valence-corrected chi connectivity index (χ3v) is 6.03. The van der Waals surface area contributed by atoms with E-state index in [-0.39, 0.29) is 36.1 Å². The van der Waals surface area contributed by atoms with E-state index in [1.54, 1.807) is 4.90 Å². The van der Waals surface area contributed by atoms with Crippen molar-refractivity contribution in [2.75, 3.05) is 44.2 Å². The lowest BCUT2D eigenvalue weighted by Crippen LogP contribution is -2.52. The van der Waals surface area contributed by atoms with Crippen LogP contribution in [0.1, 0.15) is 19.8 Å². The Balaban J connectivity index is 1.35. The first-order chi connectivity index (χ1) is 14.1. The molecule has 2 fully saturated rings. The number of para-hydroxylation sites is 2. The van der Waals surface area contributed by atoms with E-state index >= 15 is 0 Å². The Morgan fingerprint density at radius 2 is 1.62 bits per heavy atom. The van der Waals surface area contributed by atoms with Crippen molar-refractivity contribution in [3.8, 4) is 5.75 Å². The molecule has 1 aromatic carbocycles. The molecule has 2 heterocycles. The Hall–Kier alpha value is -2.83. The smallest absolute Gasteiger partial charge is 0.242 e.